The molecule has 1 aromatic rings. The Labute approximate surface area is 79.0 Å². The maximum atomic E-state index is 5.15. The van der Waals surface area contributed by atoms with Crippen molar-refractivity contribution in [2.75, 3.05) is 18.5 Å². The Bertz CT molecular complexity index is 258. The minimum absolute atomic E-state index is 0. The van der Waals surface area contributed by atoms with Gasteiger partial charge in [0, 0.05) is 13.1 Å². The maximum Gasteiger partial charge on any atom is 0.195 e. The van der Waals surface area contributed by atoms with E-state index in [0.29, 0.717) is 6.54 Å². The van der Waals surface area contributed by atoms with Crippen molar-refractivity contribution in [3.63, 3.8) is 0 Å². The molecule has 0 fully saturated rings. The summed E-state index contributed by atoms with van der Waals surface area (Å²) in [6, 6.07) is 3.78. The highest BCUT2D eigenvalue weighted by Gasteiger charge is 1.98. The standard InChI is InChI=1S/C9H11NO.ClH/c1-3-4-7-10(2)9-6-5-8-11-9;/h5-6,8H,7H2,1-2H3;1H. The van der Waals surface area contributed by atoms with Crippen molar-refractivity contribution in [1.29, 1.82) is 0 Å². The Morgan fingerprint density at radius 2 is 2.33 bits per heavy atom. The normalized spacial score (nSPS) is 7.83. The smallest absolute Gasteiger partial charge is 0.195 e. The van der Waals surface area contributed by atoms with Gasteiger partial charge in [-0.1, -0.05) is 5.92 Å². The Kier molecular flexibility index (Phi) is 5.07. The van der Waals surface area contributed by atoms with Gasteiger partial charge in [-0.3, -0.25) is 0 Å². The summed E-state index contributed by atoms with van der Waals surface area (Å²) in [5.41, 5.74) is 0. The van der Waals surface area contributed by atoms with Crippen molar-refractivity contribution in [2.45, 2.75) is 6.92 Å². The van der Waals surface area contributed by atoms with Crippen LogP contribution < -0.4 is 4.90 Å². The van der Waals surface area contributed by atoms with Crippen molar-refractivity contribution in [2.24, 2.45) is 0 Å². The number of hydrogen-bond donors (Lipinski definition) is 0. The predicted octanol–water partition coefficient (Wildman–Crippen LogP) is 2.16. The van der Waals surface area contributed by atoms with E-state index in [1.165, 1.54) is 0 Å². The van der Waals surface area contributed by atoms with E-state index in [4.69, 9.17) is 4.42 Å². The van der Waals surface area contributed by atoms with E-state index in [2.05, 4.69) is 11.8 Å². The molecule has 0 bridgehead atoms. The van der Waals surface area contributed by atoms with Crippen LogP contribution in [0.25, 0.3) is 0 Å². The lowest BCUT2D eigenvalue weighted by atomic mass is 10.5. The van der Waals surface area contributed by atoms with E-state index in [1.54, 1.807) is 6.26 Å². The zero-order valence-corrected chi connectivity index (χ0v) is 8.02. The number of halogens is 1. The molecule has 0 saturated heterocycles. The van der Waals surface area contributed by atoms with Crippen molar-refractivity contribution in [3.05, 3.63) is 18.4 Å². The zero-order chi connectivity index (χ0) is 8.10. The molecule has 0 aromatic carbocycles. The second-order valence-electron chi connectivity index (χ2n) is 2.23. The van der Waals surface area contributed by atoms with Gasteiger partial charge in [0.2, 0.25) is 0 Å². The van der Waals surface area contributed by atoms with Gasteiger partial charge in [-0.15, -0.1) is 18.3 Å². The summed E-state index contributed by atoms with van der Waals surface area (Å²) >= 11 is 0. The lowest BCUT2D eigenvalue weighted by Gasteiger charge is -2.10. The Balaban J connectivity index is 0.00000121. The number of hydrogen-bond acceptors (Lipinski definition) is 2. The largest absolute Gasteiger partial charge is 0.449 e. The van der Waals surface area contributed by atoms with Crippen LogP contribution in [0.4, 0.5) is 5.88 Å². The van der Waals surface area contributed by atoms with Gasteiger partial charge in [-0.2, -0.15) is 0 Å². The Hall–Kier alpha value is -1.07. The number of rotatable bonds is 2. The topological polar surface area (TPSA) is 16.4 Å². The number of furan rings is 1. The average Bonchev–Trinajstić information content (AvgIpc) is 2.52. The molecule has 3 heteroatoms. The lowest BCUT2D eigenvalue weighted by Crippen LogP contribution is -2.15. The third-order valence-corrected chi connectivity index (χ3v) is 1.38. The molecule has 0 N–H and O–H groups in total. The monoisotopic (exact) mass is 185 g/mol. The molecule has 0 radical (unpaired) electrons. The second kappa shape index (κ2) is 5.56. The first-order valence-electron chi connectivity index (χ1n) is 3.49. The van der Waals surface area contributed by atoms with E-state index in [0.717, 1.165) is 5.88 Å². The summed E-state index contributed by atoms with van der Waals surface area (Å²) in [5, 5.41) is 0. The highest BCUT2D eigenvalue weighted by molar-refractivity contribution is 5.85. The molecule has 66 valence electrons. The molecule has 1 rings (SSSR count). The van der Waals surface area contributed by atoms with E-state index in [9.17, 15) is 0 Å². The lowest BCUT2D eigenvalue weighted by molar-refractivity contribution is 0.561. The highest BCUT2D eigenvalue weighted by atomic mass is 35.5. The van der Waals surface area contributed by atoms with E-state index >= 15 is 0 Å². The molecule has 2 nitrogen and oxygen atoms in total. The molecular weight excluding hydrogens is 174 g/mol. The van der Waals surface area contributed by atoms with Gasteiger partial charge in [-0.05, 0) is 13.0 Å². The molecule has 0 saturated carbocycles. The summed E-state index contributed by atoms with van der Waals surface area (Å²) in [4.78, 5) is 1.95. The van der Waals surface area contributed by atoms with Gasteiger partial charge in [-0.25, -0.2) is 0 Å². The van der Waals surface area contributed by atoms with Gasteiger partial charge in [0.1, 0.15) is 0 Å². The first kappa shape index (κ1) is 10.9. The molecule has 0 amide bonds. The summed E-state index contributed by atoms with van der Waals surface area (Å²) in [6.07, 6.45) is 1.66. The third kappa shape index (κ3) is 2.89. The van der Waals surface area contributed by atoms with Gasteiger partial charge in [0.15, 0.2) is 5.88 Å². The molecule has 0 aliphatic carbocycles. The maximum absolute atomic E-state index is 5.15. The molecule has 0 atom stereocenters. The molecule has 0 spiro atoms. The fourth-order valence-electron chi connectivity index (χ4n) is 0.763. The molecule has 12 heavy (non-hydrogen) atoms. The van der Waals surface area contributed by atoms with Crippen LogP contribution in [0.15, 0.2) is 22.8 Å². The summed E-state index contributed by atoms with van der Waals surface area (Å²) in [5.74, 6) is 6.63. The second-order valence-corrected chi connectivity index (χ2v) is 2.23. The van der Waals surface area contributed by atoms with Crippen molar-refractivity contribution in [3.8, 4) is 11.8 Å². The van der Waals surface area contributed by atoms with E-state index in [-0.39, 0.29) is 12.4 Å². The van der Waals surface area contributed by atoms with Crippen LogP contribution >= 0.6 is 12.4 Å². The third-order valence-electron chi connectivity index (χ3n) is 1.38. The first-order valence-corrected chi connectivity index (χ1v) is 3.49. The van der Waals surface area contributed by atoms with Crippen molar-refractivity contribution >= 4 is 18.3 Å². The molecule has 0 aliphatic heterocycles. The first-order chi connectivity index (χ1) is 5.34. The molecule has 1 heterocycles. The molecule has 1 aromatic heterocycles. The van der Waals surface area contributed by atoms with Crippen molar-refractivity contribution in [1.82, 2.24) is 0 Å². The minimum atomic E-state index is 0. The van der Waals surface area contributed by atoms with Gasteiger partial charge < -0.3 is 9.32 Å². The van der Waals surface area contributed by atoms with Crippen LogP contribution in [0.2, 0.25) is 0 Å². The summed E-state index contributed by atoms with van der Waals surface area (Å²) in [6.45, 7) is 2.54. The van der Waals surface area contributed by atoms with Crippen LogP contribution in [-0.2, 0) is 0 Å². The van der Waals surface area contributed by atoms with Gasteiger partial charge >= 0.3 is 0 Å². The van der Waals surface area contributed by atoms with Crippen LogP contribution in [0.5, 0.6) is 0 Å². The molecular formula is C9H12ClNO. The fraction of sp³-hybridized carbons (Fsp3) is 0.333. The van der Waals surface area contributed by atoms with Crippen LogP contribution in [0, 0.1) is 11.8 Å². The average molecular weight is 186 g/mol. The van der Waals surface area contributed by atoms with Crippen LogP contribution in [0.3, 0.4) is 0 Å². The van der Waals surface area contributed by atoms with E-state index in [1.807, 2.05) is 31.0 Å². The zero-order valence-electron chi connectivity index (χ0n) is 7.20. The SMILES string of the molecule is CC#CCN(C)c1ccco1.Cl. The molecule has 0 aliphatic rings. The quantitative estimate of drug-likeness (QED) is 0.657. The molecule has 0 unspecified atom stereocenters. The predicted molar refractivity (Wildman–Crippen MR) is 52.7 cm³/mol. The fourth-order valence-corrected chi connectivity index (χ4v) is 0.763. The van der Waals surface area contributed by atoms with Gasteiger partial charge in [0.25, 0.3) is 0 Å². The van der Waals surface area contributed by atoms with Crippen LogP contribution in [-0.4, -0.2) is 13.6 Å². The Morgan fingerprint density at radius 1 is 1.58 bits per heavy atom. The Morgan fingerprint density at radius 3 is 2.83 bits per heavy atom. The number of anilines is 1. The highest BCUT2D eigenvalue weighted by Crippen LogP contribution is 2.10. The summed E-state index contributed by atoms with van der Waals surface area (Å²) in [7, 11) is 1.95. The van der Waals surface area contributed by atoms with E-state index < -0.39 is 0 Å². The van der Waals surface area contributed by atoms with Gasteiger partial charge in [0.05, 0.1) is 12.8 Å². The van der Waals surface area contributed by atoms with Crippen LogP contribution in [0.1, 0.15) is 6.92 Å². The minimum Gasteiger partial charge on any atom is -0.449 e. The van der Waals surface area contributed by atoms with Crippen molar-refractivity contribution < 1.29 is 4.42 Å². The number of nitrogens with zero attached hydrogens (tertiary/aromatic N) is 1. The summed E-state index contributed by atoms with van der Waals surface area (Å²) < 4.78 is 5.15.